The Morgan fingerprint density at radius 1 is 1.25 bits per heavy atom. The summed E-state index contributed by atoms with van der Waals surface area (Å²) in [6, 6.07) is 6.12. The van der Waals surface area contributed by atoms with Crippen molar-refractivity contribution in [2.45, 2.75) is 46.8 Å². The number of aromatic nitrogens is 2. The van der Waals surface area contributed by atoms with Gasteiger partial charge in [-0.2, -0.15) is 0 Å². The minimum Gasteiger partial charge on any atom is -0.399 e. The van der Waals surface area contributed by atoms with E-state index in [2.05, 4.69) is 37.2 Å². The third-order valence-electron chi connectivity index (χ3n) is 5.32. The molecule has 0 aliphatic heterocycles. The van der Waals surface area contributed by atoms with Gasteiger partial charge in [-0.1, -0.05) is 27.7 Å². The smallest absolute Gasteiger partial charge is 0.138 e. The first-order valence-electron chi connectivity index (χ1n) is 7.13. The Morgan fingerprint density at radius 2 is 1.85 bits per heavy atom. The van der Waals surface area contributed by atoms with Crippen LogP contribution in [-0.2, 0) is 0 Å². The molecule has 3 N–H and O–H groups in total. The van der Waals surface area contributed by atoms with Gasteiger partial charge in [-0.15, -0.1) is 0 Å². The molecule has 1 aromatic carbocycles. The number of benzene rings is 1. The second kappa shape index (κ2) is 3.76. The van der Waals surface area contributed by atoms with Gasteiger partial charge in [0.25, 0.3) is 0 Å². The number of nitrogens with two attached hydrogens (primary N) is 1. The average Bonchev–Trinajstić information content (AvgIpc) is 2.64. The number of nitrogens with zero attached hydrogens (tertiary/aromatic N) is 2. The minimum atomic E-state index is -0.587. The molecule has 0 saturated heterocycles. The van der Waals surface area contributed by atoms with Crippen LogP contribution in [0.3, 0.4) is 0 Å². The van der Waals surface area contributed by atoms with Gasteiger partial charge in [0.1, 0.15) is 11.9 Å². The topological polar surface area (TPSA) is 64.1 Å². The molecule has 0 radical (unpaired) electrons. The molecule has 2 aromatic rings. The number of rotatable bonds is 2. The Kier molecular flexibility index (Phi) is 2.52. The van der Waals surface area contributed by atoms with E-state index in [0.29, 0.717) is 11.7 Å². The number of anilines is 1. The molecule has 0 spiro atoms. The standard InChI is InChI=1S/C16H23N3O/c1-9(20)13-18-11-8-10(17)6-7-12(11)19(13)14-15(2,3)16(14,4)5/h6-9,14,20H,17H2,1-5H3. The first kappa shape index (κ1) is 13.4. The van der Waals surface area contributed by atoms with Crippen molar-refractivity contribution in [3.05, 3.63) is 24.0 Å². The summed E-state index contributed by atoms with van der Waals surface area (Å²) in [6.07, 6.45) is -0.587. The first-order chi connectivity index (χ1) is 9.18. The highest BCUT2D eigenvalue weighted by Crippen LogP contribution is 2.72. The Morgan fingerprint density at radius 3 is 2.35 bits per heavy atom. The third kappa shape index (κ3) is 1.54. The van der Waals surface area contributed by atoms with Crippen molar-refractivity contribution in [2.24, 2.45) is 10.8 Å². The number of aliphatic hydroxyl groups excluding tert-OH is 1. The summed E-state index contributed by atoms with van der Waals surface area (Å²) in [6.45, 7) is 10.8. The summed E-state index contributed by atoms with van der Waals surface area (Å²) in [5, 5.41) is 10.1. The monoisotopic (exact) mass is 273 g/mol. The molecule has 1 aliphatic carbocycles. The molecule has 1 atom stereocenters. The number of nitrogen functional groups attached to an aromatic ring is 1. The van der Waals surface area contributed by atoms with Gasteiger partial charge in [0.05, 0.1) is 11.0 Å². The maximum absolute atomic E-state index is 10.1. The Bertz CT molecular complexity index is 668. The van der Waals surface area contributed by atoms with Crippen LogP contribution in [0.15, 0.2) is 18.2 Å². The quantitative estimate of drug-likeness (QED) is 0.825. The molecule has 108 valence electrons. The van der Waals surface area contributed by atoms with Crippen LogP contribution in [0.5, 0.6) is 0 Å². The molecule has 1 unspecified atom stereocenters. The molecular formula is C16H23N3O. The Hall–Kier alpha value is -1.55. The predicted molar refractivity (Wildman–Crippen MR) is 81.4 cm³/mol. The van der Waals surface area contributed by atoms with Crippen molar-refractivity contribution >= 4 is 16.7 Å². The van der Waals surface area contributed by atoms with Gasteiger partial charge in [0, 0.05) is 11.7 Å². The summed E-state index contributed by atoms with van der Waals surface area (Å²) < 4.78 is 2.21. The van der Waals surface area contributed by atoms with Gasteiger partial charge in [-0.25, -0.2) is 4.98 Å². The lowest BCUT2D eigenvalue weighted by Gasteiger charge is -2.13. The molecule has 4 heteroatoms. The number of hydrogen-bond acceptors (Lipinski definition) is 3. The second-order valence-corrected chi connectivity index (χ2v) is 7.11. The van der Waals surface area contributed by atoms with Crippen LogP contribution < -0.4 is 5.73 Å². The van der Waals surface area contributed by atoms with Crippen molar-refractivity contribution in [3.8, 4) is 0 Å². The fourth-order valence-electron chi connectivity index (χ4n) is 3.51. The van der Waals surface area contributed by atoms with E-state index in [1.54, 1.807) is 6.92 Å². The highest BCUT2D eigenvalue weighted by Gasteiger charge is 2.66. The van der Waals surface area contributed by atoms with E-state index >= 15 is 0 Å². The minimum absolute atomic E-state index is 0.186. The lowest BCUT2D eigenvalue weighted by atomic mass is 10.0. The average molecular weight is 273 g/mol. The zero-order chi connectivity index (χ0) is 14.9. The Labute approximate surface area is 119 Å². The Balaban J connectivity index is 2.27. The van der Waals surface area contributed by atoms with Crippen molar-refractivity contribution in [1.29, 1.82) is 0 Å². The van der Waals surface area contributed by atoms with E-state index in [-0.39, 0.29) is 10.8 Å². The highest BCUT2D eigenvalue weighted by molar-refractivity contribution is 5.80. The van der Waals surface area contributed by atoms with Crippen molar-refractivity contribution in [1.82, 2.24) is 9.55 Å². The van der Waals surface area contributed by atoms with Crippen LogP contribution in [-0.4, -0.2) is 14.7 Å². The fraction of sp³-hybridized carbons (Fsp3) is 0.562. The van der Waals surface area contributed by atoms with Crippen LogP contribution in [0.25, 0.3) is 11.0 Å². The molecule has 20 heavy (non-hydrogen) atoms. The maximum Gasteiger partial charge on any atom is 0.138 e. The molecule has 0 amide bonds. The second-order valence-electron chi connectivity index (χ2n) is 7.11. The van der Waals surface area contributed by atoms with Crippen molar-refractivity contribution in [2.75, 3.05) is 5.73 Å². The van der Waals surface area contributed by atoms with Gasteiger partial charge >= 0.3 is 0 Å². The van der Waals surface area contributed by atoms with Crippen LogP contribution in [0.1, 0.15) is 52.6 Å². The number of fused-ring (bicyclic) bond motifs is 1. The maximum atomic E-state index is 10.1. The molecule has 1 aromatic heterocycles. The zero-order valence-corrected chi connectivity index (χ0v) is 12.8. The van der Waals surface area contributed by atoms with Crippen LogP contribution in [0, 0.1) is 10.8 Å². The molecular weight excluding hydrogens is 250 g/mol. The summed E-state index contributed by atoms with van der Waals surface area (Å²) >= 11 is 0. The van der Waals surface area contributed by atoms with E-state index < -0.39 is 6.10 Å². The summed E-state index contributed by atoms with van der Waals surface area (Å²) in [5.74, 6) is 0.731. The molecule has 1 saturated carbocycles. The van der Waals surface area contributed by atoms with Crippen molar-refractivity contribution in [3.63, 3.8) is 0 Å². The van der Waals surface area contributed by atoms with E-state index in [4.69, 9.17) is 5.73 Å². The predicted octanol–water partition coefficient (Wildman–Crippen LogP) is 3.28. The lowest BCUT2D eigenvalue weighted by molar-refractivity contribution is 0.183. The molecule has 1 heterocycles. The number of aliphatic hydroxyl groups is 1. The van der Waals surface area contributed by atoms with Gasteiger partial charge in [-0.3, -0.25) is 0 Å². The molecule has 3 rings (SSSR count). The van der Waals surface area contributed by atoms with Crippen LogP contribution >= 0.6 is 0 Å². The van der Waals surface area contributed by atoms with Crippen molar-refractivity contribution < 1.29 is 5.11 Å². The van der Waals surface area contributed by atoms with Crippen LogP contribution in [0.4, 0.5) is 5.69 Å². The summed E-state index contributed by atoms with van der Waals surface area (Å²) in [4.78, 5) is 4.60. The molecule has 4 nitrogen and oxygen atoms in total. The summed E-state index contributed by atoms with van der Waals surface area (Å²) in [7, 11) is 0. The highest BCUT2D eigenvalue weighted by atomic mass is 16.3. The van der Waals surface area contributed by atoms with E-state index in [1.165, 1.54) is 0 Å². The van der Waals surface area contributed by atoms with E-state index in [9.17, 15) is 5.11 Å². The van der Waals surface area contributed by atoms with Crippen LogP contribution in [0.2, 0.25) is 0 Å². The normalized spacial score (nSPS) is 22.1. The van der Waals surface area contributed by atoms with E-state index in [1.807, 2.05) is 18.2 Å². The largest absolute Gasteiger partial charge is 0.399 e. The van der Waals surface area contributed by atoms with Gasteiger partial charge in [0.15, 0.2) is 0 Å². The van der Waals surface area contributed by atoms with Gasteiger partial charge in [0.2, 0.25) is 0 Å². The SMILES string of the molecule is CC(O)c1nc2cc(N)ccc2n1C1C(C)(C)C1(C)C. The fourth-order valence-corrected chi connectivity index (χ4v) is 3.51. The third-order valence-corrected chi connectivity index (χ3v) is 5.32. The molecule has 1 fully saturated rings. The number of hydrogen-bond donors (Lipinski definition) is 2. The van der Waals surface area contributed by atoms with Gasteiger partial charge in [-0.05, 0) is 36.0 Å². The zero-order valence-electron chi connectivity index (χ0n) is 12.8. The summed E-state index contributed by atoms with van der Waals surface area (Å²) in [5.41, 5.74) is 8.84. The lowest BCUT2D eigenvalue weighted by Crippen LogP contribution is -2.09. The molecule has 1 aliphatic rings. The molecule has 0 bridgehead atoms. The van der Waals surface area contributed by atoms with Gasteiger partial charge < -0.3 is 15.4 Å². The number of imidazole rings is 1. The first-order valence-corrected chi connectivity index (χ1v) is 7.13. The van der Waals surface area contributed by atoms with E-state index in [0.717, 1.165) is 16.9 Å².